The Morgan fingerprint density at radius 1 is 0.949 bits per heavy atom. The number of amides is 2. The predicted molar refractivity (Wildman–Crippen MR) is 154 cm³/mol. The molecule has 0 radical (unpaired) electrons. The summed E-state index contributed by atoms with van der Waals surface area (Å²) in [6.45, 7) is 4.79. The fourth-order valence-electron chi connectivity index (χ4n) is 4.65. The number of carbonyl (C=O) groups excluding carboxylic acids is 2. The maximum atomic E-state index is 13.3. The van der Waals surface area contributed by atoms with Crippen molar-refractivity contribution in [3.8, 4) is 22.1 Å². The van der Waals surface area contributed by atoms with Gasteiger partial charge in [-0.15, -0.1) is 10.2 Å². The van der Waals surface area contributed by atoms with Gasteiger partial charge in [-0.2, -0.15) is 0 Å². The monoisotopic (exact) mass is 550 g/mol. The maximum absolute atomic E-state index is 13.3. The number of fused-ring (bicyclic) bond motifs is 1. The van der Waals surface area contributed by atoms with E-state index >= 15 is 0 Å². The van der Waals surface area contributed by atoms with E-state index in [1.165, 1.54) is 43.4 Å². The fourth-order valence-corrected chi connectivity index (χ4v) is 5.40. The molecule has 1 atom stereocenters. The van der Waals surface area contributed by atoms with Gasteiger partial charge >= 0.3 is 0 Å². The largest absolute Gasteiger partial charge is 0.454 e. The molecule has 0 aliphatic carbocycles. The summed E-state index contributed by atoms with van der Waals surface area (Å²) in [7, 11) is 0. The van der Waals surface area contributed by atoms with Crippen LogP contribution in [0.15, 0.2) is 48.5 Å². The molecule has 3 aromatic rings. The number of nitrogens with zero attached hydrogens (tertiary/aromatic N) is 3. The molecule has 208 valence electrons. The third kappa shape index (κ3) is 8.26. The molecular formula is C30H38N4O4S. The van der Waals surface area contributed by atoms with Crippen molar-refractivity contribution in [3.63, 3.8) is 0 Å². The molecule has 2 aromatic carbocycles. The lowest BCUT2D eigenvalue weighted by atomic mass is 10.0. The quantitative estimate of drug-likeness (QED) is 0.205. The van der Waals surface area contributed by atoms with Crippen molar-refractivity contribution in [2.75, 3.05) is 18.7 Å². The zero-order valence-electron chi connectivity index (χ0n) is 22.9. The Morgan fingerprint density at radius 2 is 1.69 bits per heavy atom. The van der Waals surface area contributed by atoms with E-state index < -0.39 is 0 Å². The van der Waals surface area contributed by atoms with Crippen molar-refractivity contribution in [2.45, 2.75) is 77.7 Å². The summed E-state index contributed by atoms with van der Waals surface area (Å²) in [5, 5.41) is 12.3. The number of unbranched alkanes of at least 4 members (excludes halogenated alkanes) is 6. The van der Waals surface area contributed by atoms with Crippen molar-refractivity contribution < 1.29 is 19.1 Å². The Balaban J connectivity index is 1.31. The highest BCUT2D eigenvalue weighted by molar-refractivity contribution is 7.18. The maximum Gasteiger partial charge on any atom is 0.231 e. The van der Waals surface area contributed by atoms with Gasteiger partial charge in [0, 0.05) is 24.9 Å². The molecule has 0 saturated heterocycles. The second-order valence-electron chi connectivity index (χ2n) is 9.82. The average Bonchev–Trinajstić information content (AvgIpc) is 3.62. The lowest BCUT2D eigenvalue weighted by molar-refractivity contribution is -0.134. The minimum absolute atomic E-state index is 0.0914. The van der Waals surface area contributed by atoms with Gasteiger partial charge in [-0.3, -0.25) is 9.59 Å². The molecule has 8 nitrogen and oxygen atoms in total. The van der Waals surface area contributed by atoms with Gasteiger partial charge in [0.25, 0.3) is 0 Å². The third-order valence-electron chi connectivity index (χ3n) is 6.93. The lowest BCUT2D eigenvalue weighted by Crippen LogP contribution is -2.36. The van der Waals surface area contributed by atoms with Crippen molar-refractivity contribution in [1.29, 1.82) is 0 Å². The Morgan fingerprint density at radius 3 is 2.49 bits per heavy atom. The molecular weight excluding hydrogens is 512 g/mol. The summed E-state index contributed by atoms with van der Waals surface area (Å²) in [5.74, 6) is 1.26. The first-order valence-corrected chi connectivity index (χ1v) is 14.7. The van der Waals surface area contributed by atoms with Crippen LogP contribution in [0.4, 0.5) is 5.13 Å². The summed E-state index contributed by atoms with van der Waals surface area (Å²) >= 11 is 1.29. The highest BCUT2D eigenvalue weighted by atomic mass is 32.1. The minimum Gasteiger partial charge on any atom is -0.454 e. The van der Waals surface area contributed by atoms with Crippen molar-refractivity contribution in [1.82, 2.24) is 15.1 Å². The number of nitrogens with one attached hydrogen (secondary N) is 1. The molecule has 9 heteroatoms. The molecule has 0 bridgehead atoms. The molecule has 2 heterocycles. The third-order valence-corrected chi connectivity index (χ3v) is 7.82. The molecule has 1 unspecified atom stereocenters. The SMILES string of the molecule is CCCCCCCCCC(=O)N(CCC(=O)Nc1nnc(-c2ccc3c(c2)OCO3)s1)C(C)c1ccccc1. The molecule has 0 spiro atoms. The normalized spacial score (nSPS) is 12.8. The van der Waals surface area contributed by atoms with Gasteiger partial charge in [-0.05, 0) is 37.1 Å². The van der Waals surface area contributed by atoms with Crippen LogP contribution in [0.1, 0.15) is 83.2 Å². The van der Waals surface area contributed by atoms with E-state index in [9.17, 15) is 9.59 Å². The van der Waals surface area contributed by atoms with E-state index in [0.717, 1.165) is 24.0 Å². The zero-order chi connectivity index (χ0) is 27.5. The van der Waals surface area contributed by atoms with Gasteiger partial charge in [0.05, 0.1) is 6.04 Å². The Hall–Kier alpha value is -3.46. The molecule has 1 aliphatic heterocycles. The van der Waals surface area contributed by atoms with Gasteiger partial charge in [0.15, 0.2) is 11.5 Å². The van der Waals surface area contributed by atoms with Gasteiger partial charge in [0.2, 0.25) is 23.7 Å². The molecule has 0 fully saturated rings. The molecule has 1 aromatic heterocycles. The van der Waals surface area contributed by atoms with Crippen molar-refractivity contribution in [2.24, 2.45) is 0 Å². The molecule has 1 N–H and O–H groups in total. The number of carbonyl (C=O) groups is 2. The van der Waals surface area contributed by atoms with Crippen LogP contribution in [0.5, 0.6) is 11.5 Å². The van der Waals surface area contributed by atoms with Crippen LogP contribution in [0.3, 0.4) is 0 Å². The van der Waals surface area contributed by atoms with E-state index in [-0.39, 0.29) is 31.1 Å². The summed E-state index contributed by atoms with van der Waals surface area (Å²) in [6, 6.07) is 15.4. The minimum atomic E-state index is -0.197. The van der Waals surface area contributed by atoms with Crippen LogP contribution in [-0.4, -0.2) is 40.2 Å². The summed E-state index contributed by atoms with van der Waals surface area (Å²) in [5.41, 5.74) is 1.90. The number of rotatable bonds is 15. The Kier molecular flexibility index (Phi) is 10.7. The Bertz CT molecular complexity index is 1220. The van der Waals surface area contributed by atoms with E-state index in [1.54, 1.807) is 0 Å². The highest BCUT2D eigenvalue weighted by Crippen LogP contribution is 2.37. The molecule has 39 heavy (non-hydrogen) atoms. The van der Waals surface area contributed by atoms with E-state index in [1.807, 2.05) is 60.4 Å². The topological polar surface area (TPSA) is 93.7 Å². The first-order chi connectivity index (χ1) is 19.0. The summed E-state index contributed by atoms with van der Waals surface area (Å²) in [4.78, 5) is 27.9. The fraction of sp³-hybridized carbons (Fsp3) is 0.467. The van der Waals surface area contributed by atoms with Gasteiger partial charge in [0.1, 0.15) is 5.01 Å². The lowest BCUT2D eigenvalue weighted by Gasteiger charge is -2.30. The summed E-state index contributed by atoms with van der Waals surface area (Å²) in [6.07, 6.45) is 8.80. The van der Waals surface area contributed by atoms with Crippen LogP contribution in [0, 0.1) is 0 Å². The van der Waals surface area contributed by atoms with Gasteiger partial charge in [-0.1, -0.05) is 87.1 Å². The number of hydrogen-bond acceptors (Lipinski definition) is 7. The van der Waals surface area contributed by atoms with Crippen LogP contribution in [-0.2, 0) is 9.59 Å². The zero-order valence-corrected chi connectivity index (χ0v) is 23.7. The molecule has 4 rings (SSSR count). The molecule has 1 aliphatic rings. The van der Waals surface area contributed by atoms with Gasteiger partial charge < -0.3 is 19.7 Å². The smallest absolute Gasteiger partial charge is 0.231 e. The number of aromatic nitrogens is 2. The Labute approximate surface area is 234 Å². The van der Waals surface area contributed by atoms with Crippen LogP contribution >= 0.6 is 11.3 Å². The average molecular weight is 551 g/mol. The second kappa shape index (κ2) is 14.6. The number of hydrogen-bond donors (Lipinski definition) is 1. The van der Waals surface area contributed by atoms with Gasteiger partial charge in [-0.25, -0.2) is 0 Å². The number of ether oxygens (including phenoxy) is 2. The molecule has 2 amide bonds. The highest BCUT2D eigenvalue weighted by Gasteiger charge is 2.22. The summed E-state index contributed by atoms with van der Waals surface area (Å²) < 4.78 is 10.8. The van der Waals surface area contributed by atoms with E-state index in [2.05, 4.69) is 22.4 Å². The van der Waals surface area contributed by atoms with Crippen LogP contribution < -0.4 is 14.8 Å². The number of anilines is 1. The number of benzene rings is 2. The second-order valence-corrected chi connectivity index (χ2v) is 10.8. The molecule has 0 saturated carbocycles. The first-order valence-electron chi connectivity index (χ1n) is 13.9. The van der Waals surface area contributed by atoms with Crippen molar-refractivity contribution >= 4 is 28.3 Å². The first kappa shape index (κ1) is 28.5. The standard InChI is InChI=1S/C30H38N4O4S/c1-3-4-5-6-7-8-12-15-28(36)34(22(2)23-13-10-9-11-14-23)19-18-27(35)31-30-33-32-29(39-30)24-16-17-25-26(20-24)38-21-37-25/h9-11,13-14,16-17,20,22H,3-8,12,15,18-19,21H2,1-2H3,(H,31,33,35). The van der Waals surface area contributed by atoms with Crippen LogP contribution in [0.25, 0.3) is 10.6 Å². The van der Waals surface area contributed by atoms with Crippen molar-refractivity contribution in [3.05, 3.63) is 54.1 Å². The van der Waals surface area contributed by atoms with E-state index in [0.29, 0.717) is 34.6 Å². The predicted octanol–water partition coefficient (Wildman–Crippen LogP) is 6.99. The van der Waals surface area contributed by atoms with E-state index in [4.69, 9.17) is 9.47 Å². The van der Waals surface area contributed by atoms with Crippen LogP contribution in [0.2, 0.25) is 0 Å².